The molecule has 84 valence electrons. The van der Waals surface area contributed by atoms with Gasteiger partial charge >= 0.3 is 0 Å². The molecular formula is C10H17N3O2. The number of aliphatic hydroxyl groups is 1. The third-order valence-corrected chi connectivity index (χ3v) is 2.18. The summed E-state index contributed by atoms with van der Waals surface area (Å²) in [4.78, 5) is 11.7. The molecule has 0 aliphatic heterocycles. The lowest BCUT2D eigenvalue weighted by atomic mass is 10.3. The third kappa shape index (κ3) is 2.79. The van der Waals surface area contributed by atoms with Crippen molar-refractivity contribution in [1.82, 2.24) is 15.1 Å². The summed E-state index contributed by atoms with van der Waals surface area (Å²) in [5.74, 6) is -0.203. The van der Waals surface area contributed by atoms with Crippen LogP contribution in [0.5, 0.6) is 0 Å². The van der Waals surface area contributed by atoms with Crippen molar-refractivity contribution in [2.75, 3.05) is 6.61 Å². The third-order valence-electron chi connectivity index (χ3n) is 2.18. The van der Waals surface area contributed by atoms with Gasteiger partial charge in [-0.15, -0.1) is 0 Å². The molecule has 5 heteroatoms. The molecule has 1 aromatic rings. The fourth-order valence-electron chi connectivity index (χ4n) is 1.26. The van der Waals surface area contributed by atoms with Gasteiger partial charge in [0.15, 0.2) is 0 Å². The number of hydrogen-bond donors (Lipinski definition) is 2. The second-order valence-electron chi connectivity index (χ2n) is 3.56. The van der Waals surface area contributed by atoms with Crippen LogP contribution in [-0.4, -0.2) is 33.4 Å². The van der Waals surface area contributed by atoms with Gasteiger partial charge in [0.2, 0.25) is 0 Å². The zero-order chi connectivity index (χ0) is 11.4. The lowest BCUT2D eigenvalue weighted by molar-refractivity contribution is 0.0913. The largest absolute Gasteiger partial charge is 0.394 e. The van der Waals surface area contributed by atoms with E-state index < -0.39 is 0 Å². The number of carbonyl (C=O) groups excluding carboxylic acids is 1. The van der Waals surface area contributed by atoms with Gasteiger partial charge in [0.25, 0.3) is 5.91 Å². The summed E-state index contributed by atoms with van der Waals surface area (Å²) >= 11 is 0. The molecule has 0 aromatic carbocycles. The van der Waals surface area contributed by atoms with Crippen molar-refractivity contribution in [3.63, 3.8) is 0 Å². The first-order valence-electron chi connectivity index (χ1n) is 5.03. The number of nitrogens with one attached hydrogen (secondary N) is 1. The van der Waals surface area contributed by atoms with Crippen molar-refractivity contribution >= 4 is 5.91 Å². The summed E-state index contributed by atoms with van der Waals surface area (Å²) in [5.41, 5.74) is 1.41. The molecule has 5 nitrogen and oxygen atoms in total. The molecule has 2 N–H and O–H groups in total. The Balaban J connectivity index is 2.77. The van der Waals surface area contributed by atoms with E-state index in [4.69, 9.17) is 5.11 Å². The van der Waals surface area contributed by atoms with Crippen LogP contribution >= 0.6 is 0 Å². The molecule has 0 aliphatic rings. The number of carbonyl (C=O) groups is 1. The van der Waals surface area contributed by atoms with E-state index in [1.54, 1.807) is 24.7 Å². The summed E-state index contributed by atoms with van der Waals surface area (Å²) in [7, 11) is 1.73. The Morgan fingerprint density at radius 1 is 1.73 bits per heavy atom. The molecule has 1 amide bonds. The van der Waals surface area contributed by atoms with E-state index in [1.807, 2.05) is 6.92 Å². The van der Waals surface area contributed by atoms with E-state index in [2.05, 4.69) is 10.4 Å². The van der Waals surface area contributed by atoms with Crippen LogP contribution in [-0.2, 0) is 13.5 Å². The Hall–Kier alpha value is -1.36. The second-order valence-corrected chi connectivity index (χ2v) is 3.56. The van der Waals surface area contributed by atoms with Gasteiger partial charge in [0.05, 0.1) is 12.3 Å². The molecule has 1 aromatic heterocycles. The minimum atomic E-state index is -0.238. The summed E-state index contributed by atoms with van der Waals surface area (Å²) in [6.45, 7) is 3.67. The maximum Gasteiger partial charge on any atom is 0.269 e. The van der Waals surface area contributed by atoms with Gasteiger partial charge < -0.3 is 10.4 Å². The predicted octanol–water partition coefficient (Wildman–Crippen LogP) is 0.0931. The smallest absolute Gasteiger partial charge is 0.269 e. The Morgan fingerprint density at radius 3 is 2.87 bits per heavy atom. The van der Waals surface area contributed by atoms with Crippen LogP contribution < -0.4 is 5.32 Å². The van der Waals surface area contributed by atoms with Crippen LogP contribution in [0.1, 0.15) is 30.0 Å². The molecule has 0 aliphatic carbocycles. The number of nitrogens with zero attached hydrogens (tertiary/aromatic N) is 2. The minimum absolute atomic E-state index is 0.0653. The molecule has 15 heavy (non-hydrogen) atoms. The monoisotopic (exact) mass is 211 g/mol. The first-order valence-corrected chi connectivity index (χ1v) is 5.03. The van der Waals surface area contributed by atoms with Crippen molar-refractivity contribution in [1.29, 1.82) is 0 Å². The quantitative estimate of drug-likeness (QED) is 0.742. The highest BCUT2D eigenvalue weighted by Gasteiger charge is 2.14. The highest BCUT2D eigenvalue weighted by molar-refractivity contribution is 5.92. The van der Waals surface area contributed by atoms with Crippen LogP contribution in [0.15, 0.2) is 6.07 Å². The highest BCUT2D eigenvalue weighted by atomic mass is 16.3. The number of aryl methyl sites for hydroxylation is 2. The van der Waals surface area contributed by atoms with Gasteiger partial charge in [0.1, 0.15) is 5.69 Å². The molecule has 0 unspecified atom stereocenters. The molecule has 0 saturated heterocycles. The molecule has 0 bridgehead atoms. The van der Waals surface area contributed by atoms with E-state index >= 15 is 0 Å². The van der Waals surface area contributed by atoms with Crippen LogP contribution in [0.25, 0.3) is 0 Å². The summed E-state index contributed by atoms with van der Waals surface area (Å²) < 4.78 is 1.55. The summed E-state index contributed by atoms with van der Waals surface area (Å²) in [6.07, 6.45) is 0.802. The summed E-state index contributed by atoms with van der Waals surface area (Å²) in [6, 6.07) is 1.52. The fraction of sp³-hybridized carbons (Fsp3) is 0.600. The van der Waals surface area contributed by atoms with Crippen molar-refractivity contribution in [2.24, 2.45) is 7.05 Å². The number of amides is 1. The number of aromatic nitrogens is 2. The van der Waals surface area contributed by atoms with Crippen LogP contribution in [0, 0.1) is 0 Å². The Labute approximate surface area is 89.1 Å². The van der Waals surface area contributed by atoms with Gasteiger partial charge in [0, 0.05) is 13.1 Å². The van der Waals surface area contributed by atoms with E-state index in [1.165, 1.54) is 0 Å². The zero-order valence-corrected chi connectivity index (χ0v) is 9.32. The van der Waals surface area contributed by atoms with Crippen molar-refractivity contribution in [2.45, 2.75) is 26.3 Å². The number of rotatable bonds is 4. The van der Waals surface area contributed by atoms with Gasteiger partial charge in [-0.2, -0.15) is 5.10 Å². The zero-order valence-electron chi connectivity index (χ0n) is 9.32. The molecular weight excluding hydrogens is 194 g/mol. The summed E-state index contributed by atoms with van der Waals surface area (Å²) in [5, 5.41) is 15.7. The van der Waals surface area contributed by atoms with E-state index in [-0.39, 0.29) is 18.6 Å². The lowest BCUT2D eigenvalue weighted by Gasteiger charge is -2.10. The van der Waals surface area contributed by atoms with Crippen LogP contribution in [0.4, 0.5) is 0 Å². The standard InChI is InChI=1S/C10H17N3O2/c1-4-8-5-9(13(3)12-8)10(15)11-7(2)6-14/h5,7,14H,4,6H2,1-3H3,(H,11,15)/t7-/m0/s1. The van der Waals surface area contributed by atoms with E-state index in [9.17, 15) is 4.79 Å². The number of hydrogen-bond acceptors (Lipinski definition) is 3. The molecule has 0 fully saturated rings. The van der Waals surface area contributed by atoms with Crippen molar-refractivity contribution in [3.8, 4) is 0 Å². The molecule has 0 spiro atoms. The van der Waals surface area contributed by atoms with Gasteiger partial charge in [-0.05, 0) is 19.4 Å². The minimum Gasteiger partial charge on any atom is -0.394 e. The first kappa shape index (κ1) is 11.7. The molecule has 1 heterocycles. The number of aliphatic hydroxyl groups excluding tert-OH is 1. The van der Waals surface area contributed by atoms with Gasteiger partial charge in [-0.3, -0.25) is 9.48 Å². The second kappa shape index (κ2) is 4.93. The Morgan fingerprint density at radius 2 is 2.40 bits per heavy atom. The van der Waals surface area contributed by atoms with Crippen molar-refractivity contribution in [3.05, 3.63) is 17.5 Å². The maximum absolute atomic E-state index is 11.7. The first-order chi connectivity index (χ1) is 7.08. The van der Waals surface area contributed by atoms with Crippen LogP contribution in [0.2, 0.25) is 0 Å². The fourth-order valence-corrected chi connectivity index (χ4v) is 1.26. The molecule has 0 saturated carbocycles. The highest BCUT2D eigenvalue weighted by Crippen LogP contribution is 2.03. The van der Waals surface area contributed by atoms with Gasteiger partial charge in [-0.25, -0.2) is 0 Å². The average molecular weight is 211 g/mol. The normalized spacial score (nSPS) is 12.5. The average Bonchev–Trinajstić information content (AvgIpc) is 2.59. The van der Waals surface area contributed by atoms with Crippen LogP contribution in [0.3, 0.4) is 0 Å². The Bertz CT molecular complexity index is 346. The lowest BCUT2D eigenvalue weighted by Crippen LogP contribution is -2.36. The molecule has 1 atom stereocenters. The van der Waals surface area contributed by atoms with Crippen molar-refractivity contribution < 1.29 is 9.90 Å². The SMILES string of the molecule is CCc1cc(C(=O)N[C@@H](C)CO)n(C)n1. The maximum atomic E-state index is 11.7. The van der Waals surface area contributed by atoms with Gasteiger partial charge in [-0.1, -0.05) is 6.92 Å². The molecule has 1 rings (SSSR count). The Kier molecular flexibility index (Phi) is 3.85. The van der Waals surface area contributed by atoms with E-state index in [0.29, 0.717) is 5.69 Å². The predicted molar refractivity (Wildman–Crippen MR) is 56.6 cm³/mol. The van der Waals surface area contributed by atoms with E-state index in [0.717, 1.165) is 12.1 Å². The topological polar surface area (TPSA) is 67.2 Å². The molecule has 0 radical (unpaired) electrons.